The van der Waals surface area contributed by atoms with Gasteiger partial charge < -0.3 is 10.6 Å². The number of carbonyl (C=O) groups is 1. The number of amides is 1. The number of aryl methyl sites for hydroxylation is 1. The Hall–Kier alpha value is -1.42. The Morgan fingerprint density at radius 3 is 3.05 bits per heavy atom. The van der Waals surface area contributed by atoms with Gasteiger partial charge in [-0.25, -0.2) is 4.39 Å². The van der Waals surface area contributed by atoms with Gasteiger partial charge in [-0.1, -0.05) is 18.6 Å². The fraction of sp³-hybridized carbons (Fsp3) is 0.533. The van der Waals surface area contributed by atoms with Crippen LogP contribution in [0.3, 0.4) is 0 Å². The molecule has 1 aromatic carbocycles. The minimum absolute atomic E-state index is 0.0386. The smallest absolute Gasteiger partial charge is 0.220 e. The van der Waals surface area contributed by atoms with Gasteiger partial charge in [0.25, 0.3) is 0 Å². The number of piperidine rings is 1. The molecule has 2 rings (SSSR count). The molecule has 0 aromatic heterocycles. The first kappa shape index (κ1) is 14.0. The van der Waals surface area contributed by atoms with Crippen LogP contribution in [0.15, 0.2) is 24.3 Å². The molecular weight excluding hydrogens is 243 g/mol. The molecule has 2 N–H and O–H groups in total. The summed E-state index contributed by atoms with van der Waals surface area (Å²) in [6.07, 6.45) is 4.59. The molecule has 0 spiro atoms. The van der Waals surface area contributed by atoms with Gasteiger partial charge in [0.15, 0.2) is 0 Å². The third-order valence-electron chi connectivity index (χ3n) is 3.49. The number of carbonyl (C=O) groups excluding carboxylic acids is 1. The summed E-state index contributed by atoms with van der Waals surface area (Å²) >= 11 is 0. The lowest BCUT2D eigenvalue weighted by atomic mass is 10.0. The Kier molecular flexibility index (Phi) is 5.33. The zero-order valence-corrected chi connectivity index (χ0v) is 11.1. The van der Waals surface area contributed by atoms with Gasteiger partial charge in [0.05, 0.1) is 0 Å². The van der Waals surface area contributed by atoms with Crippen LogP contribution in [-0.2, 0) is 11.2 Å². The Morgan fingerprint density at radius 2 is 2.32 bits per heavy atom. The predicted molar refractivity (Wildman–Crippen MR) is 73.4 cm³/mol. The summed E-state index contributed by atoms with van der Waals surface area (Å²) in [6, 6.07) is 6.83. The molecule has 0 radical (unpaired) electrons. The largest absolute Gasteiger partial charge is 0.355 e. The van der Waals surface area contributed by atoms with Gasteiger partial charge in [-0.05, 0) is 43.5 Å². The average molecular weight is 264 g/mol. The first-order chi connectivity index (χ1) is 9.24. The van der Waals surface area contributed by atoms with Gasteiger partial charge in [0.2, 0.25) is 5.91 Å². The molecule has 3 nitrogen and oxygen atoms in total. The monoisotopic (exact) mass is 264 g/mol. The highest BCUT2D eigenvalue weighted by atomic mass is 19.1. The first-order valence-corrected chi connectivity index (χ1v) is 6.98. The van der Waals surface area contributed by atoms with Crippen molar-refractivity contribution in [3.05, 3.63) is 35.6 Å². The minimum Gasteiger partial charge on any atom is -0.355 e. The van der Waals surface area contributed by atoms with E-state index in [1.807, 2.05) is 6.07 Å². The third-order valence-corrected chi connectivity index (χ3v) is 3.49. The first-order valence-electron chi connectivity index (χ1n) is 6.98. The second kappa shape index (κ2) is 7.24. The number of rotatable bonds is 5. The Labute approximate surface area is 113 Å². The number of hydrogen-bond acceptors (Lipinski definition) is 2. The molecule has 1 aromatic rings. The highest BCUT2D eigenvalue weighted by Crippen LogP contribution is 2.07. The van der Waals surface area contributed by atoms with Crippen LogP contribution in [0.25, 0.3) is 0 Å². The lowest BCUT2D eigenvalue weighted by molar-refractivity contribution is -0.121. The van der Waals surface area contributed by atoms with E-state index in [-0.39, 0.29) is 11.7 Å². The van der Waals surface area contributed by atoms with Crippen LogP contribution < -0.4 is 10.6 Å². The van der Waals surface area contributed by atoms with Gasteiger partial charge >= 0.3 is 0 Å². The van der Waals surface area contributed by atoms with E-state index >= 15 is 0 Å². The zero-order valence-electron chi connectivity index (χ0n) is 11.1. The highest BCUT2D eigenvalue weighted by molar-refractivity contribution is 5.76. The molecule has 4 heteroatoms. The number of benzene rings is 1. The van der Waals surface area contributed by atoms with Crippen molar-refractivity contribution in [1.82, 2.24) is 10.6 Å². The van der Waals surface area contributed by atoms with Crippen molar-refractivity contribution in [2.75, 3.05) is 13.1 Å². The van der Waals surface area contributed by atoms with Crippen molar-refractivity contribution >= 4 is 5.91 Å². The predicted octanol–water partition coefficient (Wildman–Crippen LogP) is 2.02. The molecule has 104 valence electrons. The van der Waals surface area contributed by atoms with Gasteiger partial charge in [-0.15, -0.1) is 0 Å². The summed E-state index contributed by atoms with van der Waals surface area (Å²) in [6.45, 7) is 1.74. The second-order valence-electron chi connectivity index (χ2n) is 5.08. The minimum atomic E-state index is -0.246. The molecule has 0 saturated carbocycles. The van der Waals surface area contributed by atoms with Crippen molar-refractivity contribution in [2.45, 2.75) is 38.1 Å². The van der Waals surface area contributed by atoms with Crippen molar-refractivity contribution in [3.8, 4) is 0 Å². The van der Waals surface area contributed by atoms with Crippen molar-refractivity contribution < 1.29 is 9.18 Å². The number of hydrogen-bond donors (Lipinski definition) is 2. The molecule has 1 fully saturated rings. The Bertz CT molecular complexity index is 416. The summed E-state index contributed by atoms with van der Waals surface area (Å²) in [7, 11) is 0. The SMILES string of the molecule is O=C(CCc1cccc(F)c1)NC[C@@H]1CCCCN1. The number of halogens is 1. The van der Waals surface area contributed by atoms with E-state index in [9.17, 15) is 9.18 Å². The van der Waals surface area contributed by atoms with E-state index in [1.165, 1.54) is 25.0 Å². The quantitative estimate of drug-likeness (QED) is 0.854. The van der Waals surface area contributed by atoms with E-state index < -0.39 is 0 Å². The maximum atomic E-state index is 13.0. The summed E-state index contributed by atoms with van der Waals surface area (Å²) in [4.78, 5) is 11.7. The van der Waals surface area contributed by atoms with Crippen LogP contribution in [0.5, 0.6) is 0 Å². The third kappa shape index (κ3) is 4.99. The van der Waals surface area contributed by atoms with Crippen LogP contribution >= 0.6 is 0 Å². The standard InChI is InChI=1S/C15H21FN2O/c16-13-5-3-4-12(10-13)7-8-15(19)18-11-14-6-1-2-9-17-14/h3-5,10,14,17H,1-2,6-9,11H2,(H,18,19)/t14-/m0/s1. The molecule has 1 aliphatic rings. The molecule has 19 heavy (non-hydrogen) atoms. The Morgan fingerprint density at radius 1 is 1.42 bits per heavy atom. The van der Waals surface area contributed by atoms with E-state index in [1.54, 1.807) is 6.07 Å². The highest BCUT2D eigenvalue weighted by Gasteiger charge is 2.13. The van der Waals surface area contributed by atoms with E-state index in [2.05, 4.69) is 10.6 Å². The topological polar surface area (TPSA) is 41.1 Å². The lowest BCUT2D eigenvalue weighted by Gasteiger charge is -2.23. The molecule has 1 saturated heterocycles. The van der Waals surface area contributed by atoms with Crippen LogP contribution in [-0.4, -0.2) is 25.0 Å². The summed E-state index contributed by atoms with van der Waals surface area (Å²) in [5.41, 5.74) is 0.867. The van der Waals surface area contributed by atoms with Crippen molar-refractivity contribution in [1.29, 1.82) is 0 Å². The average Bonchev–Trinajstić information content (AvgIpc) is 2.44. The van der Waals surface area contributed by atoms with Gasteiger partial charge in [0.1, 0.15) is 5.82 Å². The number of nitrogens with one attached hydrogen (secondary N) is 2. The van der Waals surface area contributed by atoms with Crippen LogP contribution in [0.2, 0.25) is 0 Å². The maximum absolute atomic E-state index is 13.0. The van der Waals surface area contributed by atoms with Crippen molar-refractivity contribution in [3.63, 3.8) is 0 Å². The molecule has 1 aliphatic heterocycles. The molecule has 1 amide bonds. The van der Waals surface area contributed by atoms with E-state index in [0.717, 1.165) is 18.5 Å². The van der Waals surface area contributed by atoms with Crippen LogP contribution in [0, 0.1) is 5.82 Å². The maximum Gasteiger partial charge on any atom is 0.220 e. The van der Waals surface area contributed by atoms with Gasteiger partial charge in [-0.3, -0.25) is 4.79 Å². The normalized spacial score (nSPS) is 19.1. The molecular formula is C15H21FN2O. The lowest BCUT2D eigenvalue weighted by Crippen LogP contribution is -2.43. The second-order valence-corrected chi connectivity index (χ2v) is 5.08. The van der Waals surface area contributed by atoms with Crippen molar-refractivity contribution in [2.24, 2.45) is 0 Å². The summed E-state index contributed by atoms with van der Waals surface area (Å²) in [5, 5.41) is 6.33. The molecule has 0 unspecified atom stereocenters. The fourth-order valence-electron chi connectivity index (χ4n) is 2.37. The van der Waals surface area contributed by atoms with Crippen LogP contribution in [0.1, 0.15) is 31.2 Å². The summed E-state index contributed by atoms with van der Waals surface area (Å²) < 4.78 is 13.0. The van der Waals surface area contributed by atoms with Gasteiger partial charge in [-0.2, -0.15) is 0 Å². The van der Waals surface area contributed by atoms with E-state index in [4.69, 9.17) is 0 Å². The molecule has 1 heterocycles. The molecule has 0 bridgehead atoms. The molecule has 0 aliphatic carbocycles. The summed E-state index contributed by atoms with van der Waals surface area (Å²) in [5.74, 6) is -0.207. The van der Waals surface area contributed by atoms with Crippen LogP contribution in [0.4, 0.5) is 4.39 Å². The molecule has 1 atom stereocenters. The van der Waals surface area contributed by atoms with Gasteiger partial charge in [0, 0.05) is 19.0 Å². The van der Waals surface area contributed by atoms with E-state index in [0.29, 0.717) is 25.4 Å². The fourth-order valence-corrected chi connectivity index (χ4v) is 2.37. The Balaban J connectivity index is 1.66. The zero-order chi connectivity index (χ0) is 13.5.